The van der Waals surface area contributed by atoms with Crippen molar-refractivity contribution in [3.63, 3.8) is 0 Å². The Balaban J connectivity index is 3.77. The molecule has 0 saturated carbocycles. The van der Waals surface area contributed by atoms with E-state index < -0.39 is 12.1 Å². The summed E-state index contributed by atoms with van der Waals surface area (Å²) >= 11 is 0. The zero-order chi connectivity index (χ0) is 7.98. The molecule has 0 aliphatic heterocycles. The van der Waals surface area contributed by atoms with Crippen LogP contribution in [0.2, 0.25) is 0 Å². The first-order chi connectivity index (χ1) is 4.70. The molecule has 0 aliphatic rings. The third-order valence-corrected chi connectivity index (χ3v) is 0.776. The molecule has 1 amide bonds. The summed E-state index contributed by atoms with van der Waals surface area (Å²) in [5.41, 5.74) is 0. The Morgan fingerprint density at radius 1 is 1.90 bits per heavy atom. The summed E-state index contributed by atoms with van der Waals surface area (Å²) < 4.78 is 0. The van der Waals surface area contributed by atoms with E-state index >= 15 is 0 Å². The molecule has 2 N–H and O–H groups in total. The van der Waals surface area contributed by atoms with E-state index in [4.69, 9.17) is 16.8 Å². The average molecular weight is 138 g/mol. The van der Waals surface area contributed by atoms with Crippen LogP contribution in [0, 0.1) is 23.7 Å². The highest BCUT2D eigenvalue weighted by Gasteiger charge is 2.06. The van der Waals surface area contributed by atoms with Crippen LogP contribution in [0.5, 0.6) is 0 Å². The standard InChI is InChI=1S/C6H6N2O2/c1-2-3-5(4-7)8-6(9)10/h1,5,8H,3H2,(H,9,10)/t5-/m0/s1. The van der Waals surface area contributed by atoms with Crippen LogP contribution in [0.1, 0.15) is 6.42 Å². The fourth-order valence-electron chi connectivity index (χ4n) is 0.396. The molecule has 0 aromatic carbocycles. The van der Waals surface area contributed by atoms with Crippen LogP contribution in [0.4, 0.5) is 4.79 Å². The normalized spacial score (nSPS) is 10.6. The van der Waals surface area contributed by atoms with Gasteiger partial charge in [-0.05, 0) is 0 Å². The van der Waals surface area contributed by atoms with Gasteiger partial charge in [-0.1, -0.05) is 0 Å². The van der Waals surface area contributed by atoms with Gasteiger partial charge in [0.25, 0.3) is 0 Å². The van der Waals surface area contributed by atoms with Gasteiger partial charge in [0.15, 0.2) is 0 Å². The molecule has 0 spiro atoms. The number of terminal acetylenes is 1. The lowest BCUT2D eigenvalue weighted by atomic mass is 10.2. The number of carbonyl (C=O) groups is 1. The first-order valence-corrected chi connectivity index (χ1v) is 2.53. The van der Waals surface area contributed by atoms with Gasteiger partial charge < -0.3 is 10.4 Å². The van der Waals surface area contributed by atoms with Crippen molar-refractivity contribution in [3.8, 4) is 18.4 Å². The van der Waals surface area contributed by atoms with Gasteiger partial charge in [0, 0.05) is 6.42 Å². The van der Waals surface area contributed by atoms with Crippen LogP contribution < -0.4 is 5.32 Å². The van der Waals surface area contributed by atoms with Gasteiger partial charge in [0.1, 0.15) is 6.04 Å². The molecule has 4 heteroatoms. The van der Waals surface area contributed by atoms with Crippen molar-refractivity contribution >= 4 is 6.09 Å². The second-order valence-electron chi connectivity index (χ2n) is 1.54. The van der Waals surface area contributed by atoms with Gasteiger partial charge in [-0.2, -0.15) is 5.26 Å². The van der Waals surface area contributed by atoms with E-state index in [-0.39, 0.29) is 6.42 Å². The highest BCUT2D eigenvalue weighted by Crippen LogP contribution is 1.86. The van der Waals surface area contributed by atoms with Crippen LogP contribution in [0.15, 0.2) is 0 Å². The van der Waals surface area contributed by atoms with Crippen molar-refractivity contribution in [2.24, 2.45) is 0 Å². The van der Waals surface area contributed by atoms with E-state index in [0.717, 1.165) is 0 Å². The molecule has 0 heterocycles. The van der Waals surface area contributed by atoms with Crippen LogP contribution in [-0.2, 0) is 0 Å². The van der Waals surface area contributed by atoms with Crippen molar-refractivity contribution in [3.05, 3.63) is 0 Å². The van der Waals surface area contributed by atoms with Gasteiger partial charge in [-0.25, -0.2) is 4.79 Å². The third kappa shape index (κ3) is 3.34. The number of nitrogens with one attached hydrogen (secondary N) is 1. The highest BCUT2D eigenvalue weighted by molar-refractivity contribution is 5.65. The average Bonchev–Trinajstić information content (AvgIpc) is 1.86. The predicted octanol–water partition coefficient (Wildman–Crippen LogP) is 0.169. The Hall–Kier alpha value is -1.68. The first-order valence-electron chi connectivity index (χ1n) is 2.53. The Labute approximate surface area is 58.5 Å². The number of hydrogen-bond acceptors (Lipinski definition) is 2. The van der Waals surface area contributed by atoms with Crippen molar-refractivity contribution < 1.29 is 9.90 Å². The van der Waals surface area contributed by atoms with Crippen LogP contribution >= 0.6 is 0 Å². The molecular weight excluding hydrogens is 132 g/mol. The molecule has 0 unspecified atom stereocenters. The molecule has 0 aliphatic carbocycles. The summed E-state index contributed by atoms with van der Waals surface area (Å²) in [4.78, 5) is 9.91. The van der Waals surface area contributed by atoms with E-state index in [1.165, 1.54) is 0 Å². The maximum absolute atomic E-state index is 9.91. The molecule has 0 bridgehead atoms. The van der Waals surface area contributed by atoms with Crippen LogP contribution in [0.3, 0.4) is 0 Å². The van der Waals surface area contributed by atoms with E-state index in [0.29, 0.717) is 0 Å². The summed E-state index contributed by atoms with van der Waals surface area (Å²) in [6, 6.07) is 0.911. The lowest BCUT2D eigenvalue weighted by Crippen LogP contribution is -2.31. The minimum atomic E-state index is -1.23. The number of nitriles is 1. The fourth-order valence-corrected chi connectivity index (χ4v) is 0.396. The van der Waals surface area contributed by atoms with Crippen molar-refractivity contribution in [1.82, 2.24) is 5.32 Å². The number of hydrogen-bond donors (Lipinski definition) is 2. The smallest absolute Gasteiger partial charge is 0.405 e. The Kier molecular flexibility index (Phi) is 3.51. The molecule has 1 atom stereocenters. The summed E-state index contributed by atoms with van der Waals surface area (Å²) in [5.74, 6) is 2.18. The SMILES string of the molecule is C#CC[C@@H](C#N)NC(=O)O. The predicted molar refractivity (Wildman–Crippen MR) is 34.0 cm³/mol. The minimum Gasteiger partial charge on any atom is -0.465 e. The zero-order valence-electron chi connectivity index (χ0n) is 5.16. The van der Waals surface area contributed by atoms with Crippen LogP contribution in [-0.4, -0.2) is 17.2 Å². The molecule has 0 fully saturated rings. The van der Waals surface area contributed by atoms with Gasteiger partial charge >= 0.3 is 6.09 Å². The van der Waals surface area contributed by atoms with Gasteiger partial charge in [-0.15, -0.1) is 12.3 Å². The molecular formula is C6H6N2O2. The molecule has 0 aromatic heterocycles. The van der Waals surface area contributed by atoms with E-state index in [1.807, 2.05) is 5.32 Å². The molecule has 0 radical (unpaired) electrons. The van der Waals surface area contributed by atoms with E-state index in [2.05, 4.69) is 5.92 Å². The largest absolute Gasteiger partial charge is 0.465 e. The van der Waals surface area contributed by atoms with Crippen molar-refractivity contribution in [2.45, 2.75) is 12.5 Å². The fraction of sp³-hybridized carbons (Fsp3) is 0.333. The number of carboxylic acid groups (broad SMARTS) is 1. The maximum atomic E-state index is 9.91. The molecule has 4 nitrogen and oxygen atoms in total. The summed E-state index contributed by atoms with van der Waals surface area (Å²) in [5, 5.41) is 18.3. The quantitative estimate of drug-likeness (QED) is 0.534. The zero-order valence-corrected chi connectivity index (χ0v) is 5.16. The molecule has 0 aromatic rings. The third-order valence-electron chi connectivity index (χ3n) is 0.776. The Morgan fingerprint density at radius 3 is 2.80 bits per heavy atom. The lowest BCUT2D eigenvalue weighted by Gasteiger charge is -2.02. The first kappa shape index (κ1) is 8.32. The maximum Gasteiger partial charge on any atom is 0.405 e. The summed E-state index contributed by atoms with van der Waals surface area (Å²) in [6.07, 6.45) is 3.71. The van der Waals surface area contributed by atoms with Crippen LogP contribution in [0.25, 0.3) is 0 Å². The molecule has 52 valence electrons. The van der Waals surface area contributed by atoms with Gasteiger partial charge in [-0.3, -0.25) is 0 Å². The minimum absolute atomic E-state index is 0.100. The van der Waals surface area contributed by atoms with Crippen molar-refractivity contribution in [1.29, 1.82) is 5.26 Å². The van der Waals surface area contributed by atoms with Gasteiger partial charge in [0.2, 0.25) is 0 Å². The van der Waals surface area contributed by atoms with Gasteiger partial charge in [0.05, 0.1) is 6.07 Å². The Morgan fingerprint density at radius 2 is 2.50 bits per heavy atom. The van der Waals surface area contributed by atoms with E-state index in [1.54, 1.807) is 6.07 Å². The monoisotopic (exact) mass is 138 g/mol. The molecule has 10 heavy (non-hydrogen) atoms. The van der Waals surface area contributed by atoms with Crippen molar-refractivity contribution in [2.75, 3.05) is 0 Å². The lowest BCUT2D eigenvalue weighted by molar-refractivity contribution is 0.192. The summed E-state index contributed by atoms with van der Waals surface area (Å²) in [7, 11) is 0. The second-order valence-corrected chi connectivity index (χ2v) is 1.54. The topological polar surface area (TPSA) is 73.1 Å². The molecule has 0 saturated heterocycles. The number of amides is 1. The number of nitrogens with zero attached hydrogens (tertiary/aromatic N) is 1. The molecule has 0 rings (SSSR count). The summed E-state index contributed by atoms with van der Waals surface area (Å²) in [6.45, 7) is 0. The Bertz CT molecular complexity index is 199. The number of rotatable bonds is 2. The second kappa shape index (κ2) is 4.22. The highest BCUT2D eigenvalue weighted by atomic mass is 16.4. The van der Waals surface area contributed by atoms with E-state index in [9.17, 15) is 4.79 Å².